The van der Waals surface area contributed by atoms with Gasteiger partial charge in [0.15, 0.2) is 11.5 Å². The van der Waals surface area contributed by atoms with E-state index in [-0.39, 0.29) is 67.2 Å². The number of benzene rings is 2. The second-order valence-electron chi connectivity index (χ2n) is 4.34. The number of hydrogen-bond acceptors (Lipinski definition) is 2. The Hall–Kier alpha value is -1.18. The first-order valence-corrected chi connectivity index (χ1v) is 5.98. The molecule has 0 bridgehead atoms. The Morgan fingerprint density at radius 3 is 1.76 bits per heavy atom. The molecule has 1 radical (unpaired) electrons. The maximum Gasteiger partial charge on any atom is 0.176 e. The van der Waals surface area contributed by atoms with Gasteiger partial charge in [0.1, 0.15) is 17.4 Å². The van der Waals surface area contributed by atoms with Crippen LogP contribution < -0.4 is 0 Å². The van der Waals surface area contributed by atoms with Gasteiger partial charge in [-0.1, -0.05) is 0 Å². The van der Waals surface area contributed by atoms with Crippen molar-refractivity contribution >= 4 is 0 Å². The standard InChI is InChI=1S/C16H10F2O2.Ac/c17-12-5-1-10(2-6-12)15-9-14(19)16(20-15)11-3-7-13(18)8-4-11;/h1-9,19H;. The maximum absolute atomic E-state index is 12.9. The molecule has 3 aromatic rings. The second kappa shape index (κ2) is 6.72. The summed E-state index contributed by atoms with van der Waals surface area (Å²) in [6, 6.07) is 12.8. The third kappa shape index (κ3) is 3.53. The van der Waals surface area contributed by atoms with Crippen molar-refractivity contribution in [3.8, 4) is 28.4 Å². The summed E-state index contributed by atoms with van der Waals surface area (Å²) in [5.41, 5.74) is 1.22. The molecule has 0 aliphatic rings. The van der Waals surface area contributed by atoms with E-state index in [0.717, 1.165) is 0 Å². The van der Waals surface area contributed by atoms with Gasteiger partial charge in [0.05, 0.1) is 0 Å². The molecular formula is C16H10AcF2O2. The van der Waals surface area contributed by atoms with E-state index in [0.29, 0.717) is 16.9 Å². The molecule has 0 aliphatic heterocycles. The van der Waals surface area contributed by atoms with Crippen LogP contribution in [-0.4, -0.2) is 5.11 Å². The van der Waals surface area contributed by atoms with Crippen molar-refractivity contribution < 1.29 is 62.4 Å². The Balaban J connectivity index is 0.00000161. The molecule has 1 aromatic heterocycles. The largest absolute Gasteiger partial charge is 0.504 e. The summed E-state index contributed by atoms with van der Waals surface area (Å²) < 4.78 is 31.3. The van der Waals surface area contributed by atoms with E-state index in [2.05, 4.69) is 0 Å². The monoisotopic (exact) mass is 499 g/mol. The maximum atomic E-state index is 12.9. The van der Waals surface area contributed by atoms with Gasteiger partial charge in [0, 0.05) is 61.3 Å². The summed E-state index contributed by atoms with van der Waals surface area (Å²) >= 11 is 0. The summed E-state index contributed by atoms with van der Waals surface area (Å²) in [5, 5.41) is 9.91. The fraction of sp³-hybridized carbons (Fsp3) is 0. The number of aromatic hydroxyl groups is 1. The van der Waals surface area contributed by atoms with Crippen molar-refractivity contribution in [2.24, 2.45) is 0 Å². The van der Waals surface area contributed by atoms with E-state index in [1.807, 2.05) is 0 Å². The minimum Gasteiger partial charge on any atom is -0.504 e. The van der Waals surface area contributed by atoms with Crippen LogP contribution in [-0.2, 0) is 0 Å². The molecule has 0 aliphatic carbocycles. The number of hydrogen-bond donors (Lipinski definition) is 1. The Morgan fingerprint density at radius 2 is 1.24 bits per heavy atom. The third-order valence-corrected chi connectivity index (χ3v) is 2.95. The van der Waals surface area contributed by atoms with Crippen LogP contribution in [0.1, 0.15) is 0 Å². The Bertz CT molecular complexity index is 734. The minimum absolute atomic E-state index is 0. The predicted molar refractivity (Wildman–Crippen MR) is 71.2 cm³/mol. The van der Waals surface area contributed by atoms with Gasteiger partial charge in [-0.25, -0.2) is 8.78 Å². The molecule has 1 N–H and O–H groups in total. The van der Waals surface area contributed by atoms with Crippen LogP contribution in [0.4, 0.5) is 8.78 Å². The molecule has 0 saturated heterocycles. The topological polar surface area (TPSA) is 33.4 Å². The Morgan fingerprint density at radius 1 is 0.762 bits per heavy atom. The molecule has 0 unspecified atom stereocenters. The smallest absolute Gasteiger partial charge is 0.176 e. The molecule has 3 rings (SSSR count). The van der Waals surface area contributed by atoms with E-state index in [9.17, 15) is 13.9 Å². The van der Waals surface area contributed by atoms with E-state index >= 15 is 0 Å². The van der Waals surface area contributed by atoms with E-state index in [1.165, 1.54) is 42.5 Å². The van der Waals surface area contributed by atoms with Gasteiger partial charge in [-0.05, 0) is 48.5 Å². The third-order valence-electron chi connectivity index (χ3n) is 2.95. The van der Waals surface area contributed by atoms with Gasteiger partial charge in [0.2, 0.25) is 0 Å². The first kappa shape index (κ1) is 16.2. The summed E-state index contributed by atoms with van der Waals surface area (Å²) in [6.45, 7) is 0. The zero-order valence-electron chi connectivity index (χ0n) is 10.9. The van der Waals surface area contributed by atoms with Crippen molar-refractivity contribution in [3.63, 3.8) is 0 Å². The van der Waals surface area contributed by atoms with Gasteiger partial charge >= 0.3 is 0 Å². The fourth-order valence-corrected chi connectivity index (χ4v) is 1.95. The van der Waals surface area contributed by atoms with Gasteiger partial charge in [-0.3, -0.25) is 0 Å². The molecule has 2 nitrogen and oxygen atoms in total. The van der Waals surface area contributed by atoms with E-state index in [1.54, 1.807) is 12.1 Å². The van der Waals surface area contributed by atoms with Crippen LogP contribution in [0.2, 0.25) is 0 Å². The predicted octanol–water partition coefficient (Wildman–Crippen LogP) is 4.60. The minimum atomic E-state index is -0.362. The molecule has 0 fully saturated rings. The summed E-state index contributed by atoms with van der Waals surface area (Å²) in [4.78, 5) is 0. The van der Waals surface area contributed by atoms with Crippen LogP contribution in [0.3, 0.4) is 0 Å². The van der Waals surface area contributed by atoms with Gasteiger partial charge in [-0.15, -0.1) is 0 Å². The fourth-order valence-electron chi connectivity index (χ4n) is 1.95. The van der Waals surface area contributed by atoms with Gasteiger partial charge < -0.3 is 9.52 Å². The van der Waals surface area contributed by atoms with Crippen LogP contribution in [0.5, 0.6) is 5.75 Å². The average Bonchev–Trinajstić information content (AvgIpc) is 2.82. The zero-order valence-corrected chi connectivity index (χ0v) is 15.6. The second-order valence-corrected chi connectivity index (χ2v) is 4.34. The van der Waals surface area contributed by atoms with Crippen LogP contribution in [0.15, 0.2) is 59.0 Å². The van der Waals surface area contributed by atoms with Gasteiger partial charge in [-0.2, -0.15) is 0 Å². The molecular weight excluding hydrogens is 489 g/mol. The van der Waals surface area contributed by atoms with Crippen LogP contribution >= 0.6 is 0 Å². The molecule has 2 aromatic carbocycles. The zero-order chi connectivity index (χ0) is 14.1. The van der Waals surface area contributed by atoms with Crippen LogP contribution in [0, 0.1) is 55.7 Å². The number of furan rings is 1. The van der Waals surface area contributed by atoms with Gasteiger partial charge in [0.25, 0.3) is 0 Å². The average molecular weight is 499 g/mol. The van der Waals surface area contributed by atoms with Crippen LogP contribution in [0.25, 0.3) is 22.6 Å². The number of rotatable bonds is 2. The molecule has 0 saturated carbocycles. The van der Waals surface area contributed by atoms with Crippen molar-refractivity contribution in [3.05, 3.63) is 66.2 Å². The molecule has 1 heterocycles. The SMILES string of the molecule is Oc1cc(-c2ccc(F)cc2)oc1-c1ccc(F)cc1.[Ac]. The van der Waals surface area contributed by atoms with E-state index in [4.69, 9.17) is 4.42 Å². The van der Waals surface area contributed by atoms with Crippen molar-refractivity contribution in [2.75, 3.05) is 0 Å². The van der Waals surface area contributed by atoms with E-state index < -0.39 is 0 Å². The molecule has 21 heavy (non-hydrogen) atoms. The Labute approximate surface area is 156 Å². The summed E-state index contributed by atoms with van der Waals surface area (Å²) in [5.74, 6) is -0.0797. The molecule has 0 spiro atoms. The normalized spacial score (nSPS) is 10.2. The molecule has 0 atom stereocenters. The molecule has 103 valence electrons. The summed E-state index contributed by atoms with van der Waals surface area (Å²) in [6.07, 6.45) is 0. The molecule has 5 heteroatoms. The number of halogens is 2. The van der Waals surface area contributed by atoms with Crippen molar-refractivity contribution in [1.82, 2.24) is 0 Å². The quantitative estimate of drug-likeness (QED) is 0.560. The first-order valence-electron chi connectivity index (χ1n) is 5.98. The van der Waals surface area contributed by atoms with Crippen molar-refractivity contribution in [2.45, 2.75) is 0 Å². The first-order chi connectivity index (χ1) is 9.63. The molecule has 0 amide bonds. The Kier molecular flexibility index (Phi) is 5.18. The summed E-state index contributed by atoms with van der Waals surface area (Å²) in [7, 11) is 0. The van der Waals surface area contributed by atoms with Crippen molar-refractivity contribution in [1.29, 1.82) is 0 Å².